The van der Waals surface area contributed by atoms with Crippen LogP contribution < -0.4 is 20.0 Å². The van der Waals surface area contributed by atoms with Crippen LogP contribution in [0.2, 0.25) is 5.02 Å². The topological polar surface area (TPSA) is 151 Å². The van der Waals surface area contributed by atoms with E-state index in [0.717, 1.165) is 30.5 Å². The van der Waals surface area contributed by atoms with Crippen molar-refractivity contribution in [3.05, 3.63) is 100.0 Å². The van der Waals surface area contributed by atoms with E-state index < -0.39 is 33.1 Å². The molecule has 0 unspecified atom stereocenters. The first kappa shape index (κ1) is 47.5. The van der Waals surface area contributed by atoms with Gasteiger partial charge in [0.05, 0.1) is 62.9 Å². The first-order valence-electron chi connectivity index (χ1n) is 21.6. The van der Waals surface area contributed by atoms with Crippen LogP contribution in [-0.2, 0) is 29.9 Å². The van der Waals surface area contributed by atoms with Crippen LogP contribution in [0.1, 0.15) is 57.4 Å². The minimum Gasteiger partial charge on any atom is -0.378 e. The second-order valence-electron chi connectivity index (χ2n) is 18.9. The molecule has 0 radical (unpaired) electrons. The Morgan fingerprint density at radius 2 is 1.31 bits per heavy atom. The maximum atomic E-state index is 15.6. The molecule has 6 aromatic rings. The zero-order valence-corrected chi connectivity index (χ0v) is 39.6. The minimum atomic E-state index is -3.28. The molecule has 0 saturated carbocycles. The number of hydrogen-bond acceptors (Lipinski definition) is 11. The number of pyridine rings is 4. The van der Waals surface area contributed by atoms with Gasteiger partial charge in [-0.1, -0.05) is 45.4 Å². The zero-order valence-electron chi connectivity index (χ0n) is 38.0. The lowest BCUT2D eigenvalue weighted by molar-refractivity contribution is -0.118. The second-order valence-corrected chi connectivity index (χ2v) is 21.5. The van der Waals surface area contributed by atoms with Crippen LogP contribution in [0.5, 0.6) is 0 Å². The number of halogens is 5. The van der Waals surface area contributed by atoms with Crippen LogP contribution in [0, 0.1) is 47.9 Å². The number of fused-ring (bicyclic) bond motifs is 2. The average molecular weight is 961 g/mol. The van der Waals surface area contributed by atoms with Crippen LogP contribution in [0.15, 0.2) is 54.9 Å². The van der Waals surface area contributed by atoms with E-state index in [1.165, 1.54) is 0 Å². The van der Waals surface area contributed by atoms with Crippen LogP contribution in [0.4, 0.5) is 46.4 Å². The first-order chi connectivity index (χ1) is 31.5. The number of rotatable bonds is 8. The van der Waals surface area contributed by atoms with Gasteiger partial charge in [-0.25, -0.2) is 40.9 Å². The van der Waals surface area contributed by atoms with Crippen molar-refractivity contribution < 1.29 is 40.3 Å². The predicted molar refractivity (Wildman–Crippen MR) is 252 cm³/mol. The summed E-state index contributed by atoms with van der Waals surface area (Å²) < 4.78 is 86.6. The standard InChI is InChI=1S/C32H34F2N6O4S.C16H15ClF2N2O/c1-19-30(29-24(34)11-21(33)12-26(29)38-31(19)40-18-32(2,3)14-28(40)41)37-25-13-27(39-7-9-44-10-8-39)36-16-23(25)20-5-6-22(35-15-20)17-45(4,42)43;1-8-14(17)13-10(19)4-9(18)5-11(13)20-15(8)21-7-16(2,3)6-12(21)22/h5-6,11-13,15-16H,7-10,14,17-18H2,1-4H3,(H,36,37,38);4-5H,6-7H2,1-3H3. The first-order valence-corrected chi connectivity index (χ1v) is 24.0. The Kier molecular flexibility index (Phi) is 12.7. The number of carbonyl (C=O) groups excluding carboxylic acids is 2. The summed E-state index contributed by atoms with van der Waals surface area (Å²) in [4.78, 5) is 48.5. The highest BCUT2D eigenvalue weighted by Crippen LogP contribution is 2.43. The Morgan fingerprint density at radius 1 is 0.761 bits per heavy atom. The summed E-state index contributed by atoms with van der Waals surface area (Å²) in [7, 11) is -3.28. The molecule has 3 saturated heterocycles. The highest BCUT2D eigenvalue weighted by Gasteiger charge is 2.40. The number of nitrogens with zero attached hydrogens (tertiary/aromatic N) is 7. The Bertz CT molecular complexity index is 3100. The van der Waals surface area contributed by atoms with E-state index in [2.05, 4.69) is 25.2 Å². The van der Waals surface area contributed by atoms with Gasteiger partial charge in [0, 0.05) is 110 Å². The van der Waals surface area contributed by atoms with Crippen molar-refractivity contribution in [2.45, 2.75) is 60.1 Å². The number of ether oxygens (including phenoxy) is 1. The molecule has 2 amide bonds. The fourth-order valence-corrected chi connectivity index (χ4v) is 9.76. The maximum absolute atomic E-state index is 15.6. The molecule has 4 aromatic heterocycles. The summed E-state index contributed by atoms with van der Waals surface area (Å²) in [5, 5.41) is 3.74. The lowest BCUT2D eigenvalue weighted by Gasteiger charge is -2.29. The lowest BCUT2D eigenvalue weighted by Crippen LogP contribution is -2.36. The molecule has 352 valence electrons. The van der Waals surface area contributed by atoms with Gasteiger partial charge in [-0.15, -0.1) is 0 Å². The van der Waals surface area contributed by atoms with E-state index >= 15 is 4.39 Å². The highest BCUT2D eigenvalue weighted by atomic mass is 35.5. The predicted octanol–water partition coefficient (Wildman–Crippen LogP) is 9.40. The molecule has 0 bridgehead atoms. The summed E-state index contributed by atoms with van der Waals surface area (Å²) in [6.45, 7) is 14.7. The molecular formula is C48H49ClF4N8O5S. The van der Waals surface area contributed by atoms with Gasteiger partial charge in [-0.05, 0) is 30.7 Å². The molecular weight excluding hydrogens is 912 g/mol. The molecule has 67 heavy (non-hydrogen) atoms. The third kappa shape index (κ3) is 10.0. The Balaban J connectivity index is 0.000000231. The highest BCUT2D eigenvalue weighted by molar-refractivity contribution is 7.89. The quantitative estimate of drug-likeness (QED) is 0.145. The second kappa shape index (κ2) is 17.9. The van der Waals surface area contributed by atoms with Gasteiger partial charge in [0.1, 0.15) is 40.7 Å². The lowest BCUT2D eigenvalue weighted by atomic mass is 9.93. The number of nitrogens with one attached hydrogen (secondary N) is 1. The van der Waals surface area contributed by atoms with Crippen LogP contribution in [0.3, 0.4) is 0 Å². The van der Waals surface area contributed by atoms with E-state index in [4.69, 9.17) is 21.3 Å². The number of anilines is 5. The number of benzene rings is 2. The van der Waals surface area contributed by atoms with E-state index in [1.807, 2.05) is 33.8 Å². The molecule has 0 spiro atoms. The van der Waals surface area contributed by atoms with Crippen molar-refractivity contribution in [3.8, 4) is 11.1 Å². The van der Waals surface area contributed by atoms with E-state index in [9.17, 15) is 31.2 Å². The van der Waals surface area contributed by atoms with Crippen LogP contribution in [0.25, 0.3) is 32.9 Å². The summed E-state index contributed by atoms with van der Waals surface area (Å²) >= 11 is 6.25. The van der Waals surface area contributed by atoms with Gasteiger partial charge in [-0.2, -0.15) is 0 Å². The minimum absolute atomic E-state index is 0.0621. The molecule has 9 rings (SSSR count). The smallest absolute Gasteiger partial charge is 0.228 e. The van der Waals surface area contributed by atoms with Crippen molar-refractivity contribution in [2.75, 3.05) is 65.7 Å². The van der Waals surface area contributed by atoms with E-state index in [1.54, 1.807) is 48.2 Å². The molecule has 1 N–H and O–H groups in total. The van der Waals surface area contributed by atoms with Crippen LogP contribution >= 0.6 is 11.6 Å². The molecule has 3 aliphatic heterocycles. The van der Waals surface area contributed by atoms with E-state index in [-0.39, 0.29) is 55.2 Å². The molecule has 3 aliphatic rings. The van der Waals surface area contributed by atoms with Gasteiger partial charge in [0.2, 0.25) is 11.8 Å². The number of aromatic nitrogens is 4. The van der Waals surface area contributed by atoms with Crippen molar-refractivity contribution in [1.82, 2.24) is 19.9 Å². The third-order valence-corrected chi connectivity index (χ3v) is 13.2. The summed E-state index contributed by atoms with van der Waals surface area (Å²) in [6.07, 6.45) is 5.13. The van der Waals surface area contributed by atoms with Crippen molar-refractivity contribution >= 4 is 83.9 Å². The normalized spacial score (nSPS) is 17.1. The number of hydrogen-bond donors (Lipinski definition) is 1. The van der Waals surface area contributed by atoms with Gasteiger partial charge in [0.15, 0.2) is 9.84 Å². The van der Waals surface area contributed by atoms with Crippen LogP contribution in [-0.4, -0.2) is 85.8 Å². The Morgan fingerprint density at radius 3 is 1.84 bits per heavy atom. The number of sulfone groups is 1. The summed E-state index contributed by atoms with van der Waals surface area (Å²) in [5.41, 5.74) is 3.34. The zero-order chi connectivity index (χ0) is 48.3. The van der Waals surface area contributed by atoms with Gasteiger partial charge in [-0.3, -0.25) is 24.4 Å². The van der Waals surface area contributed by atoms with Gasteiger partial charge >= 0.3 is 0 Å². The molecule has 7 heterocycles. The average Bonchev–Trinajstić information content (AvgIpc) is 3.69. The summed E-state index contributed by atoms with van der Waals surface area (Å²) in [6, 6.07) is 9.13. The van der Waals surface area contributed by atoms with Gasteiger partial charge in [0.25, 0.3) is 0 Å². The SMILES string of the molecule is Cc1c(N2CC(C)(C)CC2=O)nc2cc(F)cc(F)c2c1Cl.Cc1c(N2CC(C)(C)CC2=O)nc2cc(F)cc(F)c2c1Nc1cc(N2CCOCC2)ncc1-c1ccc(CS(C)(=O)=O)nc1. The fourth-order valence-electron chi connectivity index (χ4n) is 8.78. The number of morpholine rings is 1. The molecule has 0 aliphatic carbocycles. The van der Waals surface area contributed by atoms with Crippen molar-refractivity contribution in [2.24, 2.45) is 10.8 Å². The molecule has 0 atom stereocenters. The van der Waals surface area contributed by atoms with Gasteiger partial charge < -0.3 is 15.0 Å². The Labute approximate surface area is 390 Å². The Hall–Kier alpha value is -5.98. The van der Waals surface area contributed by atoms with Crippen molar-refractivity contribution in [1.29, 1.82) is 0 Å². The largest absolute Gasteiger partial charge is 0.378 e. The number of amides is 2. The molecule has 3 fully saturated rings. The maximum Gasteiger partial charge on any atom is 0.228 e. The molecule has 2 aromatic carbocycles. The van der Waals surface area contributed by atoms with E-state index in [0.29, 0.717) is 109 Å². The number of carbonyl (C=O) groups is 2. The third-order valence-electron chi connectivity index (χ3n) is 11.9. The molecule has 19 heteroatoms. The molecule has 13 nitrogen and oxygen atoms in total. The summed E-state index contributed by atoms with van der Waals surface area (Å²) in [5.74, 6) is -2.04. The fraction of sp³-hybridized carbons (Fsp3) is 0.375. The monoisotopic (exact) mass is 960 g/mol. The van der Waals surface area contributed by atoms with Crippen molar-refractivity contribution in [3.63, 3.8) is 0 Å².